The summed E-state index contributed by atoms with van der Waals surface area (Å²) in [5.74, 6) is 1.82. The molecule has 3 aromatic heterocycles. The van der Waals surface area contributed by atoms with Crippen LogP contribution in [0, 0.1) is 0 Å². The fourth-order valence-corrected chi connectivity index (χ4v) is 6.78. The summed E-state index contributed by atoms with van der Waals surface area (Å²) in [6.07, 6.45) is 0. The molecular formula is C43H25N3O2. The van der Waals surface area contributed by atoms with Gasteiger partial charge >= 0.3 is 0 Å². The summed E-state index contributed by atoms with van der Waals surface area (Å²) >= 11 is 0. The largest absolute Gasteiger partial charge is 0.456 e. The first-order valence-electron chi connectivity index (χ1n) is 15.9. The zero-order valence-corrected chi connectivity index (χ0v) is 25.6. The van der Waals surface area contributed by atoms with Crippen molar-refractivity contribution in [2.24, 2.45) is 0 Å². The lowest BCUT2D eigenvalue weighted by atomic mass is 9.96. The molecule has 10 aromatic rings. The molecule has 0 unspecified atom stereocenters. The van der Waals surface area contributed by atoms with Gasteiger partial charge in [0.05, 0.1) is 0 Å². The van der Waals surface area contributed by atoms with Gasteiger partial charge in [0.15, 0.2) is 17.5 Å². The number of furan rings is 2. The van der Waals surface area contributed by atoms with E-state index in [1.54, 1.807) is 0 Å². The molecule has 0 aliphatic heterocycles. The van der Waals surface area contributed by atoms with Crippen molar-refractivity contribution in [2.75, 3.05) is 0 Å². The minimum atomic E-state index is 0.591. The van der Waals surface area contributed by atoms with Gasteiger partial charge in [-0.15, -0.1) is 0 Å². The Bertz CT molecular complexity index is 2850. The van der Waals surface area contributed by atoms with Crippen LogP contribution < -0.4 is 0 Å². The van der Waals surface area contributed by atoms with E-state index < -0.39 is 0 Å². The fourth-order valence-electron chi connectivity index (χ4n) is 6.78. The van der Waals surface area contributed by atoms with Gasteiger partial charge in [0.25, 0.3) is 0 Å². The molecule has 0 aliphatic carbocycles. The fraction of sp³-hybridized carbons (Fsp3) is 0. The van der Waals surface area contributed by atoms with Gasteiger partial charge in [-0.3, -0.25) is 0 Å². The van der Waals surface area contributed by atoms with E-state index in [1.165, 1.54) is 0 Å². The molecule has 10 rings (SSSR count). The third-order valence-electron chi connectivity index (χ3n) is 9.12. The van der Waals surface area contributed by atoms with Crippen molar-refractivity contribution in [1.82, 2.24) is 15.0 Å². The maximum Gasteiger partial charge on any atom is 0.164 e. The average molecular weight is 616 g/mol. The van der Waals surface area contributed by atoms with E-state index in [4.69, 9.17) is 23.8 Å². The molecule has 5 nitrogen and oxygen atoms in total. The zero-order chi connectivity index (χ0) is 31.6. The van der Waals surface area contributed by atoms with E-state index in [1.807, 2.05) is 72.8 Å². The van der Waals surface area contributed by atoms with Crippen molar-refractivity contribution in [3.8, 4) is 45.3 Å². The zero-order valence-electron chi connectivity index (χ0n) is 25.6. The number of hydrogen-bond donors (Lipinski definition) is 0. The Morgan fingerprint density at radius 2 is 0.896 bits per heavy atom. The van der Waals surface area contributed by atoms with Gasteiger partial charge in [0, 0.05) is 38.2 Å². The molecule has 0 N–H and O–H groups in total. The van der Waals surface area contributed by atoms with Gasteiger partial charge in [-0.2, -0.15) is 0 Å². The van der Waals surface area contributed by atoms with E-state index >= 15 is 0 Å². The summed E-state index contributed by atoms with van der Waals surface area (Å²) in [6.45, 7) is 0. The summed E-state index contributed by atoms with van der Waals surface area (Å²) < 4.78 is 12.4. The predicted octanol–water partition coefficient (Wildman–Crippen LogP) is 11.5. The Labute approximate surface area is 274 Å². The van der Waals surface area contributed by atoms with E-state index in [2.05, 4.69) is 78.9 Å². The summed E-state index contributed by atoms with van der Waals surface area (Å²) in [4.78, 5) is 15.0. The SMILES string of the molecule is c1ccc(-c2nc(-c3ccc4ccc(-c5cccc6oc7ccccc7c56)cc4c3)nc(-c3ccc4c(c3)oc3ccccc34)n2)cc1. The number of fused-ring (bicyclic) bond motifs is 7. The standard InChI is InChI=1S/C43H25N3O2/c1-2-9-27(10-3-1)41-44-42(46-43(45-41)30-21-22-34-33-11-4-6-14-36(33)48-39(34)25-30)29-20-18-26-17-19-28(23-31(26)24-29)32-13-8-16-38-40(32)35-12-5-7-15-37(35)47-38/h1-25H. The first-order chi connectivity index (χ1) is 23.7. The molecule has 7 aromatic carbocycles. The Balaban J connectivity index is 1.13. The van der Waals surface area contributed by atoms with Crippen LogP contribution in [0.1, 0.15) is 0 Å². The lowest BCUT2D eigenvalue weighted by Gasteiger charge is -2.10. The van der Waals surface area contributed by atoms with Crippen LogP contribution in [0.3, 0.4) is 0 Å². The van der Waals surface area contributed by atoms with Gasteiger partial charge < -0.3 is 8.83 Å². The number of nitrogens with zero attached hydrogens (tertiary/aromatic N) is 3. The van der Waals surface area contributed by atoms with Gasteiger partial charge in [-0.05, 0) is 64.4 Å². The Morgan fingerprint density at radius 1 is 0.333 bits per heavy atom. The second-order valence-electron chi connectivity index (χ2n) is 12.0. The van der Waals surface area contributed by atoms with Crippen LogP contribution in [-0.4, -0.2) is 15.0 Å². The van der Waals surface area contributed by atoms with Crippen LogP contribution >= 0.6 is 0 Å². The molecule has 0 radical (unpaired) electrons. The van der Waals surface area contributed by atoms with E-state index in [0.29, 0.717) is 17.5 Å². The topological polar surface area (TPSA) is 65.0 Å². The number of hydrogen-bond acceptors (Lipinski definition) is 5. The minimum Gasteiger partial charge on any atom is -0.456 e. The molecule has 0 amide bonds. The molecule has 224 valence electrons. The third kappa shape index (κ3) is 4.29. The molecule has 0 spiro atoms. The van der Waals surface area contributed by atoms with Crippen molar-refractivity contribution in [2.45, 2.75) is 0 Å². The number of benzene rings is 7. The first kappa shape index (κ1) is 26.6. The van der Waals surface area contributed by atoms with E-state index in [-0.39, 0.29) is 0 Å². The minimum absolute atomic E-state index is 0.591. The second kappa shape index (κ2) is 10.5. The first-order valence-corrected chi connectivity index (χ1v) is 15.9. The highest BCUT2D eigenvalue weighted by atomic mass is 16.3. The normalized spacial score (nSPS) is 11.8. The summed E-state index contributed by atoms with van der Waals surface area (Å²) in [5, 5.41) is 6.63. The van der Waals surface area contributed by atoms with Gasteiger partial charge in [0.2, 0.25) is 0 Å². The van der Waals surface area contributed by atoms with Crippen LogP contribution in [0.15, 0.2) is 160 Å². The lowest BCUT2D eigenvalue weighted by molar-refractivity contribution is 0.668. The quantitative estimate of drug-likeness (QED) is 0.197. The van der Waals surface area contributed by atoms with Crippen LogP contribution in [0.4, 0.5) is 0 Å². The highest BCUT2D eigenvalue weighted by Gasteiger charge is 2.16. The van der Waals surface area contributed by atoms with Crippen LogP contribution in [0.2, 0.25) is 0 Å². The highest BCUT2D eigenvalue weighted by molar-refractivity contribution is 6.13. The molecule has 0 aliphatic rings. The number of rotatable bonds is 4. The van der Waals surface area contributed by atoms with Gasteiger partial charge in [-0.25, -0.2) is 15.0 Å². The van der Waals surface area contributed by atoms with Crippen molar-refractivity contribution < 1.29 is 8.83 Å². The summed E-state index contributed by atoms with van der Waals surface area (Å²) in [7, 11) is 0. The molecule has 0 saturated heterocycles. The van der Waals surface area contributed by atoms with Crippen molar-refractivity contribution in [1.29, 1.82) is 0 Å². The molecule has 0 bridgehead atoms. The Kier molecular flexibility index (Phi) is 5.81. The lowest BCUT2D eigenvalue weighted by Crippen LogP contribution is -2.00. The Hall–Kier alpha value is -6.59. The van der Waals surface area contributed by atoms with Crippen LogP contribution in [0.25, 0.3) is 99.9 Å². The molecule has 0 saturated carbocycles. The summed E-state index contributed by atoms with van der Waals surface area (Å²) in [6, 6.07) is 51.8. The van der Waals surface area contributed by atoms with E-state index in [0.717, 1.165) is 82.5 Å². The molecular weight excluding hydrogens is 590 g/mol. The summed E-state index contributed by atoms with van der Waals surface area (Å²) in [5.41, 5.74) is 8.40. The van der Waals surface area contributed by atoms with Gasteiger partial charge in [-0.1, -0.05) is 109 Å². The Morgan fingerprint density at radius 3 is 1.71 bits per heavy atom. The predicted molar refractivity (Wildman–Crippen MR) is 194 cm³/mol. The maximum atomic E-state index is 6.21. The maximum absolute atomic E-state index is 6.21. The second-order valence-corrected chi connectivity index (χ2v) is 12.0. The molecule has 5 heteroatoms. The number of aromatic nitrogens is 3. The highest BCUT2D eigenvalue weighted by Crippen LogP contribution is 2.38. The van der Waals surface area contributed by atoms with Crippen LogP contribution in [0.5, 0.6) is 0 Å². The monoisotopic (exact) mass is 615 g/mol. The van der Waals surface area contributed by atoms with Crippen molar-refractivity contribution in [3.05, 3.63) is 152 Å². The average Bonchev–Trinajstić information content (AvgIpc) is 3.73. The molecule has 0 atom stereocenters. The molecule has 3 heterocycles. The van der Waals surface area contributed by atoms with Crippen molar-refractivity contribution >= 4 is 54.6 Å². The van der Waals surface area contributed by atoms with Crippen LogP contribution in [-0.2, 0) is 0 Å². The smallest absolute Gasteiger partial charge is 0.164 e. The molecule has 48 heavy (non-hydrogen) atoms. The van der Waals surface area contributed by atoms with E-state index in [9.17, 15) is 0 Å². The van der Waals surface area contributed by atoms with Gasteiger partial charge in [0.1, 0.15) is 22.3 Å². The number of para-hydroxylation sites is 2. The van der Waals surface area contributed by atoms with Crippen molar-refractivity contribution in [3.63, 3.8) is 0 Å². The molecule has 0 fully saturated rings. The third-order valence-corrected chi connectivity index (χ3v) is 9.12.